The van der Waals surface area contributed by atoms with E-state index in [2.05, 4.69) is 28.8 Å². The van der Waals surface area contributed by atoms with Gasteiger partial charge in [0.2, 0.25) is 5.91 Å². The summed E-state index contributed by atoms with van der Waals surface area (Å²) in [7, 11) is 0. The Labute approximate surface area is 146 Å². The summed E-state index contributed by atoms with van der Waals surface area (Å²) >= 11 is 11.9. The van der Waals surface area contributed by atoms with Gasteiger partial charge in [0, 0.05) is 21.8 Å². The molecule has 0 spiro atoms. The Morgan fingerprint density at radius 1 is 1.17 bits per heavy atom. The van der Waals surface area contributed by atoms with Gasteiger partial charge in [0.1, 0.15) is 0 Å². The Hall–Kier alpha value is -1.55. The highest BCUT2D eigenvalue weighted by atomic mass is 35.5. The molecule has 0 radical (unpaired) electrons. The van der Waals surface area contributed by atoms with Crippen molar-refractivity contribution < 1.29 is 4.79 Å². The maximum absolute atomic E-state index is 12.4. The molecule has 0 aromatic heterocycles. The van der Waals surface area contributed by atoms with E-state index in [1.807, 2.05) is 13.0 Å². The molecule has 1 aliphatic carbocycles. The van der Waals surface area contributed by atoms with E-state index in [0.29, 0.717) is 15.7 Å². The van der Waals surface area contributed by atoms with Crippen molar-refractivity contribution in [2.45, 2.75) is 31.8 Å². The average molecular weight is 349 g/mol. The molecule has 5 heteroatoms. The van der Waals surface area contributed by atoms with E-state index in [4.69, 9.17) is 23.2 Å². The molecule has 0 heterocycles. The minimum absolute atomic E-state index is 0.104. The lowest BCUT2D eigenvalue weighted by atomic mass is 10.1. The second kappa shape index (κ2) is 6.91. The zero-order valence-corrected chi connectivity index (χ0v) is 14.3. The lowest BCUT2D eigenvalue weighted by Gasteiger charge is -2.20. The molecule has 0 saturated heterocycles. The Bertz CT molecular complexity index is 712. The van der Waals surface area contributed by atoms with Crippen LogP contribution in [0.25, 0.3) is 0 Å². The van der Waals surface area contributed by atoms with Crippen molar-refractivity contribution in [1.29, 1.82) is 0 Å². The summed E-state index contributed by atoms with van der Waals surface area (Å²) in [6.07, 6.45) is 2.06. The predicted molar refractivity (Wildman–Crippen MR) is 95.2 cm³/mol. The topological polar surface area (TPSA) is 41.1 Å². The van der Waals surface area contributed by atoms with Crippen molar-refractivity contribution >= 4 is 34.8 Å². The minimum Gasteiger partial charge on any atom is -0.325 e. The van der Waals surface area contributed by atoms with Gasteiger partial charge in [0.25, 0.3) is 0 Å². The van der Waals surface area contributed by atoms with Crippen LogP contribution >= 0.6 is 23.2 Å². The molecular weight excluding hydrogens is 331 g/mol. The van der Waals surface area contributed by atoms with Gasteiger partial charge in [-0.05, 0) is 49.1 Å². The molecule has 120 valence electrons. The molecule has 0 fully saturated rings. The van der Waals surface area contributed by atoms with E-state index < -0.39 is 0 Å². The van der Waals surface area contributed by atoms with Crippen LogP contribution in [0.5, 0.6) is 0 Å². The average Bonchev–Trinajstić information content (AvgIpc) is 2.89. The molecule has 3 nitrogen and oxygen atoms in total. The van der Waals surface area contributed by atoms with Crippen LogP contribution in [0.1, 0.15) is 30.5 Å². The number of halogens is 2. The summed E-state index contributed by atoms with van der Waals surface area (Å²) in [4.78, 5) is 12.4. The molecule has 1 amide bonds. The number of aryl methyl sites for hydroxylation is 1. The van der Waals surface area contributed by atoms with Gasteiger partial charge in [-0.3, -0.25) is 10.1 Å². The molecule has 3 rings (SSSR count). The van der Waals surface area contributed by atoms with Gasteiger partial charge in [-0.2, -0.15) is 0 Å². The molecule has 0 unspecified atom stereocenters. The van der Waals surface area contributed by atoms with E-state index in [1.165, 1.54) is 11.1 Å². The number of anilines is 1. The number of amides is 1. The molecule has 23 heavy (non-hydrogen) atoms. The number of carbonyl (C=O) groups excluding carboxylic acids is 1. The molecule has 0 saturated carbocycles. The molecule has 2 N–H and O–H groups in total. The van der Waals surface area contributed by atoms with Gasteiger partial charge in [0.05, 0.1) is 6.04 Å². The summed E-state index contributed by atoms with van der Waals surface area (Å²) in [6.45, 7) is 1.86. The van der Waals surface area contributed by atoms with Gasteiger partial charge in [-0.25, -0.2) is 0 Å². The second-order valence-corrected chi connectivity index (χ2v) is 6.70. The standard InChI is InChI=1S/C18H18Cl2N2O/c1-11(18(23)22-15-9-13(19)8-14(20)10-15)21-17-7-6-12-4-2-3-5-16(12)17/h2-5,8-11,17,21H,6-7H2,1H3,(H,22,23)/t11-,17+/m1/s1. The van der Waals surface area contributed by atoms with E-state index in [0.717, 1.165) is 12.8 Å². The molecule has 0 bridgehead atoms. The fourth-order valence-electron chi connectivity index (χ4n) is 2.98. The summed E-state index contributed by atoms with van der Waals surface area (Å²) < 4.78 is 0. The Morgan fingerprint density at radius 2 is 1.87 bits per heavy atom. The number of benzene rings is 2. The molecule has 2 aromatic carbocycles. The first-order valence-electron chi connectivity index (χ1n) is 7.64. The normalized spacial score (nSPS) is 17.6. The number of rotatable bonds is 4. The molecular formula is C18H18Cl2N2O. The van der Waals surface area contributed by atoms with Crippen LogP contribution in [-0.2, 0) is 11.2 Å². The minimum atomic E-state index is -0.316. The van der Waals surface area contributed by atoms with Crippen molar-refractivity contribution in [2.24, 2.45) is 0 Å². The van der Waals surface area contributed by atoms with Gasteiger partial charge in [-0.15, -0.1) is 0 Å². The zero-order chi connectivity index (χ0) is 16.4. The van der Waals surface area contributed by atoms with Crippen LogP contribution in [-0.4, -0.2) is 11.9 Å². The highest BCUT2D eigenvalue weighted by Crippen LogP contribution is 2.31. The van der Waals surface area contributed by atoms with Crippen molar-refractivity contribution in [1.82, 2.24) is 5.32 Å². The third-order valence-corrected chi connectivity index (χ3v) is 4.54. The Kier molecular flexibility index (Phi) is 4.90. The van der Waals surface area contributed by atoms with Gasteiger partial charge in [-0.1, -0.05) is 47.5 Å². The first-order chi connectivity index (χ1) is 11.0. The third kappa shape index (κ3) is 3.86. The van der Waals surface area contributed by atoms with Crippen LogP contribution in [0.2, 0.25) is 10.0 Å². The number of nitrogens with one attached hydrogen (secondary N) is 2. The van der Waals surface area contributed by atoms with Crippen LogP contribution in [0.4, 0.5) is 5.69 Å². The number of carbonyl (C=O) groups is 1. The van der Waals surface area contributed by atoms with E-state index in [1.54, 1.807) is 18.2 Å². The van der Waals surface area contributed by atoms with Gasteiger partial charge >= 0.3 is 0 Å². The number of hydrogen-bond acceptors (Lipinski definition) is 2. The molecule has 0 aliphatic heterocycles. The molecule has 1 aliphatic rings. The van der Waals surface area contributed by atoms with Crippen molar-refractivity contribution in [3.63, 3.8) is 0 Å². The SMILES string of the molecule is C[C@@H](N[C@H]1CCc2ccccc21)C(=O)Nc1cc(Cl)cc(Cl)c1. The molecule has 2 aromatic rings. The monoisotopic (exact) mass is 348 g/mol. The Morgan fingerprint density at radius 3 is 2.61 bits per heavy atom. The lowest BCUT2D eigenvalue weighted by Crippen LogP contribution is -2.39. The van der Waals surface area contributed by atoms with Crippen LogP contribution < -0.4 is 10.6 Å². The van der Waals surface area contributed by atoms with Crippen LogP contribution in [0.15, 0.2) is 42.5 Å². The van der Waals surface area contributed by atoms with Gasteiger partial charge in [0.15, 0.2) is 0 Å². The zero-order valence-electron chi connectivity index (χ0n) is 12.8. The van der Waals surface area contributed by atoms with Gasteiger partial charge < -0.3 is 5.32 Å². The highest BCUT2D eigenvalue weighted by Gasteiger charge is 2.25. The summed E-state index contributed by atoms with van der Waals surface area (Å²) in [6, 6.07) is 13.3. The first-order valence-corrected chi connectivity index (χ1v) is 8.39. The summed E-state index contributed by atoms with van der Waals surface area (Å²) in [5, 5.41) is 7.25. The summed E-state index contributed by atoms with van der Waals surface area (Å²) in [5.74, 6) is -0.104. The quantitative estimate of drug-likeness (QED) is 0.847. The lowest BCUT2D eigenvalue weighted by molar-refractivity contribution is -0.118. The first kappa shape index (κ1) is 16.3. The van der Waals surface area contributed by atoms with E-state index in [9.17, 15) is 4.79 Å². The van der Waals surface area contributed by atoms with Crippen LogP contribution in [0.3, 0.4) is 0 Å². The fourth-order valence-corrected chi connectivity index (χ4v) is 3.51. The smallest absolute Gasteiger partial charge is 0.241 e. The van der Waals surface area contributed by atoms with E-state index >= 15 is 0 Å². The van der Waals surface area contributed by atoms with Crippen molar-refractivity contribution in [3.05, 3.63) is 63.6 Å². The highest BCUT2D eigenvalue weighted by molar-refractivity contribution is 6.35. The maximum atomic E-state index is 12.4. The third-order valence-electron chi connectivity index (χ3n) is 4.11. The fraction of sp³-hybridized carbons (Fsp3) is 0.278. The van der Waals surface area contributed by atoms with Crippen molar-refractivity contribution in [2.75, 3.05) is 5.32 Å². The predicted octanol–water partition coefficient (Wildman–Crippen LogP) is 4.60. The van der Waals surface area contributed by atoms with E-state index in [-0.39, 0.29) is 18.0 Å². The van der Waals surface area contributed by atoms with Crippen molar-refractivity contribution in [3.8, 4) is 0 Å². The maximum Gasteiger partial charge on any atom is 0.241 e. The Balaban J connectivity index is 1.64. The number of hydrogen-bond donors (Lipinski definition) is 2. The summed E-state index contributed by atoms with van der Waals surface area (Å²) in [5.41, 5.74) is 3.25. The van der Waals surface area contributed by atoms with Crippen LogP contribution in [0, 0.1) is 0 Å². The molecule has 2 atom stereocenters. The largest absolute Gasteiger partial charge is 0.325 e. The second-order valence-electron chi connectivity index (χ2n) is 5.83. The number of fused-ring (bicyclic) bond motifs is 1.